The van der Waals surface area contributed by atoms with Crippen LogP contribution in [0, 0.1) is 21.7 Å². The summed E-state index contributed by atoms with van der Waals surface area (Å²) in [5, 5.41) is 21.3. The van der Waals surface area contributed by atoms with E-state index in [0.717, 1.165) is 0 Å². The molecule has 0 fully saturated rings. The Morgan fingerprint density at radius 1 is 1.39 bits per heavy atom. The minimum absolute atomic E-state index is 0.517. The van der Waals surface area contributed by atoms with Crippen molar-refractivity contribution in [2.75, 3.05) is 5.32 Å². The van der Waals surface area contributed by atoms with Crippen molar-refractivity contribution in [3.05, 3.63) is 33.9 Å². The number of nitrogens with zero attached hydrogens (tertiary/aromatic N) is 1. The molecule has 0 amide bonds. The second-order valence-corrected chi connectivity index (χ2v) is 4.10. The fourth-order valence-electron chi connectivity index (χ4n) is 1.15. The van der Waals surface area contributed by atoms with Gasteiger partial charge in [-0.3, -0.25) is 10.1 Å². The van der Waals surface area contributed by atoms with E-state index >= 15 is 0 Å². The maximum absolute atomic E-state index is 13.5. The quantitative estimate of drug-likeness (QED) is 0.639. The van der Waals surface area contributed by atoms with E-state index in [-0.39, 0.29) is 0 Å². The van der Waals surface area contributed by atoms with Crippen molar-refractivity contribution in [1.82, 2.24) is 0 Å². The lowest BCUT2D eigenvalue weighted by Crippen LogP contribution is -2.40. The van der Waals surface area contributed by atoms with Gasteiger partial charge in [0.05, 0.1) is 17.1 Å². The number of aliphatic carboxylic acids is 1. The standard InChI is InChI=1S/C10H10F2N2O4/c1-10(2,9(15)16)13-8-6(11)3-5(14(17)18)4-7(8)12/h3-4,13H,1-2H3,(H,15,16). The van der Waals surface area contributed by atoms with Gasteiger partial charge in [0.2, 0.25) is 0 Å². The maximum atomic E-state index is 13.5. The van der Waals surface area contributed by atoms with Gasteiger partial charge in [0, 0.05) is 0 Å². The summed E-state index contributed by atoms with van der Waals surface area (Å²) in [7, 11) is 0. The van der Waals surface area contributed by atoms with Crippen LogP contribution in [-0.4, -0.2) is 21.5 Å². The van der Waals surface area contributed by atoms with Gasteiger partial charge in [0.1, 0.15) is 11.2 Å². The van der Waals surface area contributed by atoms with E-state index in [9.17, 15) is 23.7 Å². The molecule has 1 aromatic carbocycles. The molecular weight excluding hydrogens is 250 g/mol. The van der Waals surface area contributed by atoms with Crippen LogP contribution in [0.5, 0.6) is 0 Å². The van der Waals surface area contributed by atoms with E-state index in [1.807, 2.05) is 0 Å². The second-order valence-electron chi connectivity index (χ2n) is 4.10. The van der Waals surface area contributed by atoms with Crippen LogP contribution in [0.25, 0.3) is 0 Å². The number of anilines is 1. The predicted molar refractivity (Wildman–Crippen MR) is 58.3 cm³/mol. The highest BCUT2D eigenvalue weighted by atomic mass is 19.1. The van der Waals surface area contributed by atoms with E-state index in [4.69, 9.17) is 5.11 Å². The molecule has 0 aliphatic carbocycles. The van der Waals surface area contributed by atoms with Gasteiger partial charge in [-0.15, -0.1) is 0 Å². The number of carbonyl (C=O) groups is 1. The third kappa shape index (κ3) is 2.70. The molecule has 0 radical (unpaired) electrons. The molecule has 0 spiro atoms. The average Bonchev–Trinajstić information content (AvgIpc) is 2.22. The number of non-ortho nitro benzene ring substituents is 1. The summed E-state index contributed by atoms with van der Waals surface area (Å²) in [5.74, 6) is -3.77. The van der Waals surface area contributed by atoms with Crippen LogP contribution < -0.4 is 5.32 Å². The van der Waals surface area contributed by atoms with Crippen LogP contribution in [0.4, 0.5) is 20.2 Å². The Labute approximate surface area is 100 Å². The summed E-state index contributed by atoms with van der Waals surface area (Å²) in [6.07, 6.45) is 0. The first kappa shape index (κ1) is 13.8. The van der Waals surface area contributed by atoms with Crippen LogP contribution in [0.2, 0.25) is 0 Å². The van der Waals surface area contributed by atoms with Crippen molar-refractivity contribution >= 4 is 17.3 Å². The molecule has 0 aromatic heterocycles. The molecule has 1 rings (SSSR count). The molecule has 98 valence electrons. The van der Waals surface area contributed by atoms with Gasteiger partial charge in [-0.05, 0) is 13.8 Å². The van der Waals surface area contributed by atoms with Crippen molar-refractivity contribution in [3.8, 4) is 0 Å². The lowest BCUT2D eigenvalue weighted by Gasteiger charge is -2.22. The van der Waals surface area contributed by atoms with Crippen molar-refractivity contribution in [2.45, 2.75) is 19.4 Å². The predicted octanol–water partition coefficient (Wildman–Crippen LogP) is 2.15. The van der Waals surface area contributed by atoms with Crippen LogP contribution in [0.3, 0.4) is 0 Å². The Morgan fingerprint density at radius 2 is 1.83 bits per heavy atom. The van der Waals surface area contributed by atoms with Crippen molar-refractivity contribution < 1.29 is 23.6 Å². The number of halogens is 2. The number of hydrogen-bond donors (Lipinski definition) is 2. The highest BCUT2D eigenvalue weighted by Gasteiger charge is 2.30. The normalized spacial score (nSPS) is 11.1. The summed E-state index contributed by atoms with van der Waals surface area (Å²) in [6.45, 7) is 2.41. The van der Waals surface area contributed by atoms with E-state index in [1.54, 1.807) is 0 Å². The average molecular weight is 260 g/mol. The fraction of sp³-hybridized carbons (Fsp3) is 0.300. The minimum atomic E-state index is -1.61. The smallest absolute Gasteiger partial charge is 0.328 e. The Morgan fingerprint density at radius 3 is 2.17 bits per heavy atom. The summed E-state index contributed by atoms with van der Waals surface area (Å²) >= 11 is 0. The molecular formula is C10H10F2N2O4. The highest BCUT2D eigenvalue weighted by molar-refractivity contribution is 5.81. The molecule has 0 unspecified atom stereocenters. The molecule has 18 heavy (non-hydrogen) atoms. The number of carboxylic acid groups (broad SMARTS) is 1. The second kappa shape index (κ2) is 4.55. The molecule has 6 nitrogen and oxygen atoms in total. The Bertz CT molecular complexity index is 494. The third-order valence-corrected chi connectivity index (χ3v) is 2.21. The Kier molecular flexibility index (Phi) is 3.49. The van der Waals surface area contributed by atoms with Gasteiger partial charge in [-0.25, -0.2) is 13.6 Å². The first-order chi connectivity index (χ1) is 8.15. The van der Waals surface area contributed by atoms with Crippen molar-refractivity contribution in [2.24, 2.45) is 0 Å². The zero-order chi connectivity index (χ0) is 14.1. The van der Waals surface area contributed by atoms with Crippen LogP contribution in [0.1, 0.15) is 13.8 Å². The molecule has 2 N–H and O–H groups in total. The van der Waals surface area contributed by atoms with Crippen LogP contribution in [0.15, 0.2) is 12.1 Å². The lowest BCUT2D eigenvalue weighted by atomic mass is 10.1. The molecule has 8 heteroatoms. The van der Waals surface area contributed by atoms with Gasteiger partial charge in [0.25, 0.3) is 5.69 Å². The zero-order valence-corrected chi connectivity index (χ0v) is 9.53. The highest BCUT2D eigenvalue weighted by Crippen LogP contribution is 2.27. The topological polar surface area (TPSA) is 92.5 Å². The summed E-state index contributed by atoms with van der Waals surface area (Å²) in [4.78, 5) is 20.2. The molecule has 0 saturated heterocycles. The lowest BCUT2D eigenvalue weighted by molar-refractivity contribution is -0.385. The zero-order valence-electron chi connectivity index (χ0n) is 9.53. The number of carboxylic acids is 1. The SMILES string of the molecule is CC(C)(Nc1c(F)cc([N+](=O)[O-])cc1F)C(=O)O. The van der Waals surface area contributed by atoms with Gasteiger partial charge in [-0.1, -0.05) is 0 Å². The Hall–Kier alpha value is -2.25. The minimum Gasteiger partial charge on any atom is -0.480 e. The van der Waals surface area contributed by atoms with Gasteiger partial charge in [-0.2, -0.15) is 0 Å². The molecule has 0 heterocycles. The van der Waals surface area contributed by atoms with E-state index in [1.165, 1.54) is 13.8 Å². The van der Waals surface area contributed by atoms with Gasteiger partial charge >= 0.3 is 5.97 Å². The number of rotatable bonds is 4. The molecule has 0 bridgehead atoms. The molecule has 0 atom stereocenters. The number of nitrogens with one attached hydrogen (secondary N) is 1. The largest absolute Gasteiger partial charge is 0.480 e. The number of benzene rings is 1. The maximum Gasteiger partial charge on any atom is 0.328 e. The summed E-state index contributed by atoms with van der Waals surface area (Å²) in [5.41, 5.74) is -3.07. The van der Waals surface area contributed by atoms with E-state index < -0.39 is 39.4 Å². The Balaban J connectivity index is 3.20. The molecule has 1 aromatic rings. The number of nitro benzene ring substituents is 1. The van der Waals surface area contributed by atoms with Gasteiger partial charge in [0.15, 0.2) is 11.6 Å². The third-order valence-electron chi connectivity index (χ3n) is 2.21. The van der Waals surface area contributed by atoms with E-state index in [2.05, 4.69) is 5.32 Å². The monoisotopic (exact) mass is 260 g/mol. The first-order valence-electron chi connectivity index (χ1n) is 4.80. The molecule has 0 aliphatic heterocycles. The molecule has 0 saturated carbocycles. The summed E-state index contributed by atoms with van der Waals surface area (Å²) < 4.78 is 26.9. The number of nitro groups is 1. The van der Waals surface area contributed by atoms with Crippen LogP contribution >= 0.6 is 0 Å². The van der Waals surface area contributed by atoms with Crippen molar-refractivity contribution in [1.29, 1.82) is 0 Å². The first-order valence-corrected chi connectivity index (χ1v) is 4.80. The van der Waals surface area contributed by atoms with E-state index in [0.29, 0.717) is 12.1 Å². The molecule has 0 aliphatic rings. The number of hydrogen-bond acceptors (Lipinski definition) is 4. The van der Waals surface area contributed by atoms with Crippen molar-refractivity contribution in [3.63, 3.8) is 0 Å². The fourth-order valence-corrected chi connectivity index (χ4v) is 1.15. The summed E-state index contributed by atoms with van der Waals surface area (Å²) in [6, 6.07) is 1.03. The van der Waals surface area contributed by atoms with Crippen LogP contribution in [-0.2, 0) is 4.79 Å². The van der Waals surface area contributed by atoms with Gasteiger partial charge < -0.3 is 10.4 Å².